The molecule has 1 aromatic rings. The second-order valence-corrected chi connectivity index (χ2v) is 7.70. The molecule has 5 heteroatoms. The summed E-state index contributed by atoms with van der Waals surface area (Å²) >= 11 is 0. The molecule has 0 bridgehead atoms. The Kier molecular flexibility index (Phi) is 6.46. The van der Waals surface area contributed by atoms with Crippen molar-refractivity contribution in [2.24, 2.45) is 5.92 Å². The maximum absolute atomic E-state index is 12.8. The molecule has 0 aromatic heterocycles. The highest BCUT2D eigenvalue weighted by atomic mass is 16.6. The number of likely N-dealkylation sites (tertiary alicyclic amines) is 1. The van der Waals surface area contributed by atoms with Crippen LogP contribution in [-0.4, -0.2) is 41.8 Å². The molecule has 26 heavy (non-hydrogen) atoms. The van der Waals surface area contributed by atoms with E-state index in [1.54, 1.807) is 11.0 Å². The van der Waals surface area contributed by atoms with Gasteiger partial charge in [-0.3, -0.25) is 4.90 Å². The van der Waals surface area contributed by atoms with Crippen molar-refractivity contribution in [1.82, 2.24) is 4.90 Å². The van der Waals surface area contributed by atoms with Gasteiger partial charge in [0.25, 0.3) is 0 Å². The summed E-state index contributed by atoms with van der Waals surface area (Å²) in [6.45, 7) is 9.28. The van der Waals surface area contributed by atoms with Crippen molar-refractivity contribution in [3.05, 3.63) is 48.6 Å². The van der Waals surface area contributed by atoms with Crippen LogP contribution in [0.4, 0.5) is 4.79 Å². The molecule has 0 spiro atoms. The summed E-state index contributed by atoms with van der Waals surface area (Å²) in [6.07, 6.45) is 3.25. The first-order chi connectivity index (χ1) is 12.3. The molecule has 1 aliphatic rings. The van der Waals surface area contributed by atoms with Gasteiger partial charge < -0.3 is 9.47 Å². The molecule has 0 saturated carbocycles. The van der Waals surface area contributed by atoms with E-state index < -0.39 is 23.7 Å². The third-order valence-corrected chi connectivity index (χ3v) is 4.59. The van der Waals surface area contributed by atoms with E-state index in [0.29, 0.717) is 12.8 Å². The number of benzene rings is 1. The van der Waals surface area contributed by atoms with E-state index in [0.717, 1.165) is 6.42 Å². The highest BCUT2D eigenvalue weighted by Crippen LogP contribution is 2.36. The molecule has 1 aromatic carbocycles. The van der Waals surface area contributed by atoms with Crippen LogP contribution in [0.25, 0.3) is 0 Å². The molecular formula is C21H29NO4. The first-order valence-corrected chi connectivity index (χ1v) is 9.00. The zero-order chi connectivity index (χ0) is 19.3. The van der Waals surface area contributed by atoms with Gasteiger partial charge in [-0.1, -0.05) is 36.4 Å². The Morgan fingerprint density at radius 1 is 1.27 bits per heavy atom. The van der Waals surface area contributed by atoms with Crippen LogP contribution in [0.5, 0.6) is 0 Å². The lowest BCUT2D eigenvalue weighted by Crippen LogP contribution is -2.48. The van der Waals surface area contributed by atoms with Gasteiger partial charge in [0, 0.05) is 6.04 Å². The Hall–Kier alpha value is -2.30. The fourth-order valence-electron chi connectivity index (χ4n) is 3.55. The third-order valence-electron chi connectivity index (χ3n) is 4.59. The zero-order valence-electron chi connectivity index (χ0n) is 16.1. The molecule has 5 nitrogen and oxygen atoms in total. The molecule has 2 rings (SSSR count). The molecule has 1 fully saturated rings. The van der Waals surface area contributed by atoms with E-state index in [1.165, 1.54) is 12.7 Å². The molecule has 1 heterocycles. The molecule has 0 unspecified atom stereocenters. The zero-order valence-corrected chi connectivity index (χ0v) is 16.1. The average molecular weight is 359 g/mol. The second kappa shape index (κ2) is 8.39. The van der Waals surface area contributed by atoms with Gasteiger partial charge in [-0.2, -0.15) is 0 Å². The van der Waals surface area contributed by atoms with Crippen molar-refractivity contribution >= 4 is 12.1 Å². The summed E-state index contributed by atoms with van der Waals surface area (Å²) < 4.78 is 10.5. The lowest BCUT2D eigenvalue weighted by atomic mass is 9.90. The number of amides is 1. The van der Waals surface area contributed by atoms with Gasteiger partial charge in [0.05, 0.1) is 7.11 Å². The Balaban J connectivity index is 2.31. The SMILES string of the molecule is C=CC[C@H]1[C@H](Cc2ccccc2)C[C@@H](C(=O)OC)N1C(=O)OC(C)(C)C. The van der Waals surface area contributed by atoms with Crippen molar-refractivity contribution in [3.8, 4) is 0 Å². The molecule has 0 radical (unpaired) electrons. The number of nitrogens with zero attached hydrogens (tertiary/aromatic N) is 1. The van der Waals surface area contributed by atoms with Crippen LogP contribution in [0.2, 0.25) is 0 Å². The largest absolute Gasteiger partial charge is 0.467 e. The molecule has 1 saturated heterocycles. The standard InChI is InChI=1S/C21H29NO4/c1-6-10-17-16(13-15-11-8-7-9-12-15)14-18(19(23)25-5)22(17)20(24)26-21(2,3)4/h6-9,11-12,16-18H,1,10,13-14H2,2-5H3/t16-,17+,18+/m1/s1. The van der Waals surface area contributed by atoms with E-state index in [2.05, 4.69) is 18.7 Å². The van der Waals surface area contributed by atoms with Crippen LogP contribution in [0.15, 0.2) is 43.0 Å². The minimum Gasteiger partial charge on any atom is -0.467 e. The molecule has 0 N–H and O–H groups in total. The van der Waals surface area contributed by atoms with Crippen molar-refractivity contribution < 1.29 is 19.1 Å². The van der Waals surface area contributed by atoms with E-state index in [4.69, 9.17) is 9.47 Å². The van der Waals surface area contributed by atoms with E-state index in [9.17, 15) is 9.59 Å². The quantitative estimate of drug-likeness (QED) is 0.590. The van der Waals surface area contributed by atoms with E-state index in [1.807, 2.05) is 39.0 Å². The van der Waals surface area contributed by atoms with Crippen LogP contribution in [0.3, 0.4) is 0 Å². The van der Waals surface area contributed by atoms with Gasteiger partial charge in [0.1, 0.15) is 11.6 Å². The fraction of sp³-hybridized carbons (Fsp3) is 0.524. The maximum atomic E-state index is 12.8. The monoisotopic (exact) mass is 359 g/mol. The van der Waals surface area contributed by atoms with Crippen molar-refractivity contribution in [1.29, 1.82) is 0 Å². The van der Waals surface area contributed by atoms with Gasteiger partial charge in [-0.25, -0.2) is 9.59 Å². The normalized spacial score (nSPS) is 22.8. The Labute approximate surface area is 156 Å². The highest BCUT2D eigenvalue weighted by molar-refractivity contribution is 5.82. The van der Waals surface area contributed by atoms with Crippen LogP contribution < -0.4 is 0 Å². The lowest BCUT2D eigenvalue weighted by molar-refractivity contribution is -0.146. The fourth-order valence-corrected chi connectivity index (χ4v) is 3.55. The van der Waals surface area contributed by atoms with Crippen LogP contribution >= 0.6 is 0 Å². The van der Waals surface area contributed by atoms with Gasteiger partial charge in [0.15, 0.2) is 0 Å². The summed E-state index contributed by atoms with van der Waals surface area (Å²) in [4.78, 5) is 26.7. The third kappa shape index (κ3) is 4.87. The smallest absolute Gasteiger partial charge is 0.411 e. The van der Waals surface area contributed by atoms with Crippen LogP contribution in [0, 0.1) is 5.92 Å². The molecule has 3 atom stereocenters. The molecular weight excluding hydrogens is 330 g/mol. The first-order valence-electron chi connectivity index (χ1n) is 9.00. The minimum atomic E-state index is -0.631. The minimum absolute atomic E-state index is 0.131. The van der Waals surface area contributed by atoms with E-state index in [-0.39, 0.29) is 12.0 Å². The van der Waals surface area contributed by atoms with Crippen LogP contribution in [0.1, 0.15) is 39.2 Å². The Morgan fingerprint density at radius 2 is 1.92 bits per heavy atom. The van der Waals surface area contributed by atoms with Crippen molar-refractivity contribution in [3.63, 3.8) is 0 Å². The molecule has 142 valence electrons. The van der Waals surface area contributed by atoms with Gasteiger partial charge >= 0.3 is 12.1 Å². The number of esters is 1. The second-order valence-electron chi connectivity index (χ2n) is 7.70. The number of hydrogen-bond acceptors (Lipinski definition) is 4. The van der Waals surface area contributed by atoms with Crippen molar-refractivity contribution in [2.45, 2.75) is 57.7 Å². The van der Waals surface area contributed by atoms with Gasteiger partial charge in [-0.15, -0.1) is 6.58 Å². The highest BCUT2D eigenvalue weighted by Gasteiger charge is 2.48. The van der Waals surface area contributed by atoms with Crippen molar-refractivity contribution in [2.75, 3.05) is 7.11 Å². The number of carbonyl (C=O) groups is 2. The number of hydrogen-bond donors (Lipinski definition) is 0. The number of carbonyl (C=O) groups excluding carboxylic acids is 2. The summed E-state index contributed by atoms with van der Waals surface area (Å²) in [5, 5.41) is 0. The first kappa shape index (κ1) is 20.0. The average Bonchev–Trinajstić information content (AvgIpc) is 2.92. The Bertz CT molecular complexity index is 635. The maximum Gasteiger partial charge on any atom is 0.411 e. The van der Waals surface area contributed by atoms with Gasteiger partial charge in [0.2, 0.25) is 0 Å². The van der Waals surface area contributed by atoms with E-state index >= 15 is 0 Å². The number of rotatable bonds is 5. The topological polar surface area (TPSA) is 55.8 Å². The molecule has 1 amide bonds. The van der Waals surface area contributed by atoms with Gasteiger partial charge in [-0.05, 0) is 51.5 Å². The predicted molar refractivity (Wildman–Crippen MR) is 101 cm³/mol. The number of ether oxygens (including phenoxy) is 2. The lowest BCUT2D eigenvalue weighted by Gasteiger charge is -2.32. The summed E-state index contributed by atoms with van der Waals surface area (Å²) in [7, 11) is 1.35. The molecule has 0 aliphatic carbocycles. The number of methoxy groups -OCH3 is 1. The Morgan fingerprint density at radius 3 is 2.46 bits per heavy atom. The van der Waals surface area contributed by atoms with Crippen LogP contribution in [-0.2, 0) is 20.7 Å². The summed E-state index contributed by atoms with van der Waals surface area (Å²) in [5.41, 5.74) is 0.551. The molecule has 1 aliphatic heterocycles. The summed E-state index contributed by atoms with van der Waals surface area (Å²) in [6, 6.07) is 9.32. The summed E-state index contributed by atoms with van der Waals surface area (Å²) in [5.74, 6) is -0.271. The predicted octanol–water partition coefficient (Wildman–Crippen LogP) is 3.97.